The summed E-state index contributed by atoms with van der Waals surface area (Å²) >= 11 is 0. The molecule has 3 aromatic rings. The molecule has 4 heteroatoms. The molecule has 2 N–H and O–H groups in total. The zero-order valence-electron chi connectivity index (χ0n) is 11.5. The molecule has 0 radical (unpaired) electrons. The molecule has 0 aliphatic carbocycles. The monoisotopic (exact) mass is 266 g/mol. The Morgan fingerprint density at radius 1 is 1.20 bits per heavy atom. The second-order valence-corrected chi connectivity index (χ2v) is 4.98. The lowest BCUT2D eigenvalue weighted by Gasteiger charge is -2.11. The molecule has 1 atom stereocenters. The number of hydrogen-bond donors (Lipinski definition) is 1. The summed E-state index contributed by atoms with van der Waals surface area (Å²) in [7, 11) is 0. The summed E-state index contributed by atoms with van der Waals surface area (Å²) in [6, 6.07) is 8.35. The van der Waals surface area contributed by atoms with E-state index < -0.39 is 0 Å². The molecule has 0 fully saturated rings. The zero-order chi connectivity index (χ0) is 13.9. The van der Waals surface area contributed by atoms with Gasteiger partial charge in [-0.25, -0.2) is 4.52 Å². The first-order valence-electron chi connectivity index (χ1n) is 6.91. The van der Waals surface area contributed by atoms with Crippen molar-refractivity contribution in [3.05, 3.63) is 65.7 Å². The average molecular weight is 266 g/mol. The number of aryl methyl sites for hydroxylation is 1. The standard InChI is InChI=1S/C16H18N4/c1-2-3-12-4-6-13(7-5-12)16(17)14-10-19-20-9-8-18-11-15(14)20/h4-11,16H,2-3,17H2,1H3. The van der Waals surface area contributed by atoms with Crippen LogP contribution >= 0.6 is 0 Å². The van der Waals surface area contributed by atoms with Crippen LogP contribution in [0.1, 0.15) is 36.1 Å². The first-order chi connectivity index (χ1) is 9.79. The Labute approximate surface area is 118 Å². The van der Waals surface area contributed by atoms with E-state index in [9.17, 15) is 0 Å². The van der Waals surface area contributed by atoms with Crippen LogP contribution in [-0.2, 0) is 6.42 Å². The van der Waals surface area contributed by atoms with E-state index in [2.05, 4.69) is 41.3 Å². The van der Waals surface area contributed by atoms with E-state index in [0.29, 0.717) is 0 Å². The van der Waals surface area contributed by atoms with Gasteiger partial charge < -0.3 is 5.73 Å². The van der Waals surface area contributed by atoms with Crippen molar-refractivity contribution in [1.82, 2.24) is 14.6 Å². The fraction of sp³-hybridized carbons (Fsp3) is 0.250. The number of fused-ring (bicyclic) bond motifs is 1. The highest BCUT2D eigenvalue weighted by Crippen LogP contribution is 2.23. The van der Waals surface area contributed by atoms with Crippen molar-refractivity contribution < 1.29 is 0 Å². The van der Waals surface area contributed by atoms with Crippen LogP contribution in [-0.4, -0.2) is 14.6 Å². The highest BCUT2D eigenvalue weighted by molar-refractivity contribution is 5.55. The van der Waals surface area contributed by atoms with E-state index >= 15 is 0 Å². The first-order valence-corrected chi connectivity index (χ1v) is 6.91. The highest BCUT2D eigenvalue weighted by atomic mass is 15.2. The molecule has 0 saturated carbocycles. The minimum atomic E-state index is -0.174. The second-order valence-electron chi connectivity index (χ2n) is 4.98. The van der Waals surface area contributed by atoms with Crippen LogP contribution < -0.4 is 5.73 Å². The fourth-order valence-electron chi connectivity index (χ4n) is 2.45. The minimum absolute atomic E-state index is 0.174. The number of nitrogens with zero attached hydrogens (tertiary/aromatic N) is 3. The molecular formula is C16H18N4. The van der Waals surface area contributed by atoms with Gasteiger partial charge in [-0.05, 0) is 17.5 Å². The first kappa shape index (κ1) is 12.8. The number of hydrogen-bond acceptors (Lipinski definition) is 3. The Morgan fingerprint density at radius 3 is 2.75 bits per heavy atom. The third-order valence-electron chi connectivity index (χ3n) is 3.57. The van der Waals surface area contributed by atoms with Gasteiger partial charge in [0, 0.05) is 18.0 Å². The van der Waals surface area contributed by atoms with E-state index in [-0.39, 0.29) is 6.04 Å². The van der Waals surface area contributed by atoms with E-state index in [1.54, 1.807) is 16.9 Å². The van der Waals surface area contributed by atoms with Crippen LogP contribution in [0.4, 0.5) is 0 Å². The quantitative estimate of drug-likeness (QED) is 0.790. The molecule has 4 nitrogen and oxygen atoms in total. The van der Waals surface area contributed by atoms with Crippen LogP contribution in [0.5, 0.6) is 0 Å². The summed E-state index contributed by atoms with van der Waals surface area (Å²) < 4.78 is 1.80. The van der Waals surface area contributed by atoms with Gasteiger partial charge in [-0.15, -0.1) is 0 Å². The van der Waals surface area contributed by atoms with Crippen molar-refractivity contribution in [3.8, 4) is 0 Å². The van der Waals surface area contributed by atoms with Gasteiger partial charge in [0.05, 0.1) is 24.0 Å². The Hall–Kier alpha value is -2.20. The molecular weight excluding hydrogens is 248 g/mol. The molecule has 0 spiro atoms. The molecule has 3 rings (SSSR count). The number of nitrogens with two attached hydrogens (primary N) is 1. The van der Waals surface area contributed by atoms with Gasteiger partial charge in [0.25, 0.3) is 0 Å². The summed E-state index contributed by atoms with van der Waals surface area (Å²) in [5.74, 6) is 0. The maximum absolute atomic E-state index is 6.37. The van der Waals surface area contributed by atoms with Gasteiger partial charge in [0.2, 0.25) is 0 Å². The van der Waals surface area contributed by atoms with Gasteiger partial charge in [0.15, 0.2) is 0 Å². The van der Waals surface area contributed by atoms with Gasteiger partial charge in [0.1, 0.15) is 0 Å². The van der Waals surface area contributed by atoms with Gasteiger partial charge in [-0.1, -0.05) is 37.6 Å². The predicted molar refractivity (Wildman–Crippen MR) is 79.5 cm³/mol. The van der Waals surface area contributed by atoms with E-state index in [0.717, 1.165) is 29.5 Å². The third-order valence-corrected chi connectivity index (χ3v) is 3.57. The van der Waals surface area contributed by atoms with Gasteiger partial charge in [-0.2, -0.15) is 5.10 Å². The molecule has 20 heavy (non-hydrogen) atoms. The van der Waals surface area contributed by atoms with E-state index in [1.807, 2.05) is 12.4 Å². The van der Waals surface area contributed by atoms with E-state index in [4.69, 9.17) is 5.73 Å². The van der Waals surface area contributed by atoms with Crippen LogP contribution in [0, 0.1) is 0 Å². The molecule has 0 saturated heterocycles. The molecule has 2 heterocycles. The largest absolute Gasteiger partial charge is 0.320 e. The summed E-state index contributed by atoms with van der Waals surface area (Å²) in [5, 5.41) is 4.31. The highest BCUT2D eigenvalue weighted by Gasteiger charge is 2.14. The Balaban J connectivity index is 1.93. The van der Waals surface area contributed by atoms with Crippen LogP contribution in [0.2, 0.25) is 0 Å². The third kappa shape index (κ3) is 2.30. The van der Waals surface area contributed by atoms with Crippen LogP contribution in [0.3, 0.4) is 0 Å². The molecule has 1 unspecified atom stereocenters. The number of rotatable bonds is 4. The van der Waals surface area contributed by atoms with Crippen LogP contribution in [0.25, 0.3) is 5.52 Å². The molecule has 0 aliphatic heterocycles. The fourth-order valence-corrected chi connectivity index (χ4v) is 2.45. The molecule has 2 aromatic heterocycles. The lowest BCUT2D eigenvalue weighted by atomic mass is 9.99. The molecule has 102 valence electrons. The number of benzene rings is 1. The summed E-state index contributed by atoms with van der Waals surface area (Å²) in [5.41, 5.74) is 10.8. The smallest absolute Gasteiger partial charge is 0.0896 e. The predicted octanol–water partition coefficient (Wildman–Crippen LogP) is 2.73. The van der Waals surface area contributed by atoms with Crippen molar-refractivity contribution in [2.45, 2.75) is 25.8 Å². The van der Waals surface area contributed by atoms with Crippen LogP contribution in [0.15, 0.2) is 49.1 Å². The summed E-state index contributed by atoms with van der Waals surface area (Å²) in [4.78, 5) is 4.14. The van der Waals surface area contributed by atoms with E-state index in [1.165, 1.54) is 5.56 Å². The lowest BCUT2D eigenvalue weighted by molar-refractivity contribution is 0.872. The summed E-state index contributed by atoms with van der Waals surface area (Å²) in [6.45, 7) is 2.19. The van der Waals surface area contributed by atoms with Crippen molar-refractivity contribution in [2.24, 2.45) is 5.73 Å². The van der Waals surface area contributed by atoms with Crippen molar-refractivity contribution in [2.75, 3.05) is 0 Å². The lowest BCUT2D eigenvalue weighted by Crippen LogP contribution is -2.11. The molecule has 0 amide bonds. The number of aromatic nitrogens is 3. The Morgan fingerprint density at radius 2 is 2.00 bits per heavy atom. The van der Waals surface area contributed by atoms with Gasteiger partial charge >= 0.3 is 0 Å². The average Bonchev–Trinajstić information content (AvgIpc) is 2.92. The molecule has 0 bridgehead atoms. The molecule has 1 aromatic carbocycles. The van der Waals surface area contributed by atoms with Crippen molar-refractivity contribution in [1.29, 1.82) is 0 Å². The van der Waals surface area contributed by atoms with Crippen molar-refractivity contribution >= 4 is 5.52 Å². The van der Waals surface area contributed by atoms with Gasteiger partial charge in [-0.3, -0.25) is 4.98 Å². The summed E-state index contributed by atoms with van der Waals surface area (Å²) in [6.07, 6.45) is 9.43. The molecule has 0 aliphatic rings. The maximum atomic E-state index is 6.37. The SMILES string of the molecule is CCCc1ccc(C(N)c2cnn3ccncc23)cc1. The maximum Gasteiger partial charge on any atom is 0.0896 e. The minimum Gasteiger partial charge on any atom is -0.320 e. The Bertz CT molecular complexity index is 700. The van der Waals surface area contributed by atoms with Crippen molar-refractivity contribution in [3.63, 3.8) is 0 Å². The zero-order valence-corrected chi connectivity index (χ0v) is 11.5. The normalized spacial score (nSPS) is 12.7. The second kappa shape index (κ2) is 5.43. The Kier molecular flexibility index (Phi) is 3.48. The topological polar surface area (TPSA) is 56.2 Å².